The Morgan fingerprint density at radius 3 is 2.72 bits per heavy atom. The zero-order valence-corrected chi connectivity index (χ0v) is 14.8. The molecular formula is C16H17N3O5S. The highest BCUT2D eigenvalue weighted by molar-refractivity contribution is 7.93. The fourth-order valence-electron chi connectivity index (χ4n) is 2.98. The second-order valence-corrected chi connectivity index (χ2v) is 8.16. The largest absolute Gasteiger partial charge is 0.464 e. The van der Waals surface area contributed by atoms with Gasteiger partial charge >= 0.3 is 5.97 Å². The molecule has 0 radical (unpaired) electrons. The number of ketones is 1. The lowest BCUT2D eigenvalue weighted by Gasteiger charge is -2.10. The van der Waals surface area contributed by atoms with Gasteiger partial charge in [0.25, 0.3) is 0 Å². The van der Waals surface area contributed by atoms with Crippen molar-refractivity contribution in [3.8, 4) is 0 Å². The summed E-state index contributed by atoms with van der Waals surface area (Å²) in [6.45, 7) is 3.50. The van der Waals surface area contributed by atoms with Gasteiger partial charge in [-0.2, -0.15) is 0 Å². The molecule has 0 aliphatic carbocycles. The normalized spacial score (nSPS) is 18.4. The molecule has 2 aromatic rings. The van der Waals surface area contributed by atoms with E-state index in [-0.39, 0.29) is 28.6 Å². The van der Waals surface area contributed by atoms with Crippen molar-refractivity contribution in [2.75, 3.05) is 7.11 Å². The summed E-state index contributed by atoms with van der Waals surface area (Å²) < 4.78 is 31.4. The van der Waals surface area contributed by atoms with Gasteiger partial charge in [0.15, 0.2) is 21.3 Å². The maximum absolute atomic E-state index is 12.9. The second-order valence-electron chi connectivity index (χ2n) is 6.07. The van der Waals surface area contributed by atoms with Crippen molar-refractivity contribution in [1.29, 1.82) is 0 Å². The molecule has 0 saturated carbocycles. The van der Waals surface area contributed by atoms with Crippen LogP contribution in [0.4, 0.5) is 0 Å². The number of ether oxygens (including phenoxy) is 1. The van der Waals surface area contributed by atoms with E-state index >= 15 is 0 Å². The van der Waals surface area contributed by atoms with E-state index in [4.69, 9.17) is 0 Å². The lowest BCUT2D eigenvalue weighted by molar-refractivity contribution is 0.0585. The first-order valence-corrected chi connectivity index (χ1v) is 9.21. The van der Waals surface area contributed by atoms with Gasteiger partial charge in [-0.3, -0.25) is 4.79 Å². The monoisotopic (exact) mass is 363 g/mol. The van der Waals surface area contributed by atoms with Gasteiger partial charge < -0.3 is 4.74 Å². The first-order chi connectivity index (χ1) is 11.8. The lowest BCUT2D eigenvalue weighted by Crippen LogP contribution is -2.30. The number of sulfone groups is 1. The van der Waals surface area contributed by atoms with Crippen molar-refractivity contribution in [3.05, 3.63) is 41.2 Å². The highest BCUT2D eigenvalue weighted by Gasteiger charge is 2.46. The van der Waals surface area contributed by atoms with Crippen LogP contribution in [0.2, 0.25) is 0 Å². The SMILES string of the molecule is COC(=O)c1cnnn1CC1C(=O)c2c(C(C)C)cccc2S1(=O)=O. The highest BCUT2D eigenvalue weighted by Crippen LogP contribution is 2.36. The molecule has 9 heteroatoms. The van der Waals surface area contributed by atoms with Crippen LogP contribution in [0.25, 0.3) is 0 Å². The Morgan fingerprint density at radius 1 is 1.36 bits per heavy atom. The highest BCUT2D eigenvalue weighted by atomic mass is 32.2. The van der Waals surface area contributed by atoms with E-state index in [1.807, 2.05) is 13.8 Å². The van der Waals surface area contributed by atoms with Gasteiger partial charge in [-0.25, -0.2) is 17.9 Å². The summed E-state index contributed by atoms with van der Waals surface area (Å²) in [5.41, 5.74) is 0.924. The number of aromatic nitrogens is 3. The van der Waals surface area contributed by atoms with Crippen molar-refractivity contribution in [2.24, 2.45) is 0 Å². The fraction of sp³-hybridized carbons (Fsp3) is 0.375. The minimum atomic E-state index is -3.87. The molecule has 0 saturated heterocycles. The number of rotatable bonds is 4. The Labute approximate surface area is 144 Å². The van der Waals surface area contributed by atoms with E-state index < -0.39 is 26.8 Å². The number of carbonyl (C=O) groups excluding carboxylic acids is 2. The van der Waals surface area contributed by atoms with E-state index in [1.165, 1.54) is 19.4 Å². The number of fused-ring (bicyclic) bond motifs is 1. The van der Waals surface area contributed by atoms with Crippen molar-refractivity contribution >= 4 is 21.6 Å². The molecule has 1 aromatic carbocycles. The Hall–Kier alpha value is -2.55. The zero-order valence-electron chi connectivity index (χ0n) is 14.0. The van der Waals surface area contributed by atoms with Crippen molar-refractivity contribution in [2.45, 2.75) is 36.5 Å². The third-order valence-corrected chi connectivity index (χ3v) is 6.32. The smallest absolute Gasteiger partial charge is 0.358 e. The number of esters is 1. The molecule has 1 aliphatic rings. The van der Waals surface area contributed by atoms with Gasteiger partial charge in [0.1, 0.15) is 5.25 Å². The molecule has 25 heavy (non-hydrogen) atoms. The number of hydrogen-bond donors (Lipinski definition) is 0. The summed E-state index contributed by atoms with van der Waals surface area (Å²) in [5, 5.41) is 5.98. The predicted molar refractivity (Wildman–Crippen MR) is 87.2 cm³/mol. The van der Waals surface area contributed by atoms with Gasteiger partial charge in [0, 0.05) is 5.56 Å². The number of methoxy groups -OCH3 is 1. The van der Waals surface area contributed by atoms with Crippen molar-refractivity contribution < 1.29 is 22.7 Å². The lowest BCUT2D eigenvalue weighted by atomic mass is 9.94. The Bertz CT molecular complexity index is 962. The first-order valence-electron chi connectivity index (χ1n) is 7.66. The molecule has 0 amide bonds. The Kier molecular flexibility index (Phi) is 4.19. The number of hydrogen-bond acceptors (Lipinski definition) is 7. The molecule has 3 rings (SSSR count). The summed E-state index contributed by atoms with van der Waals surface area (Å²) in [5.74, 6) is -1.18. The summed E-state index contributed by atoms with van der Waals surface area (Å²) in [6.07, 6.45) is 1.17. The molecule has 1 unspecified atom stereocenters. The molecule has 1 aromatic heterocycles. The van der Waals surface area contributed by atoms with E-state index in [9.17, 15) is 18.0 Å². The van der Waals surface area contributed by atoms with Crippen molar-refractivity contribution in [3.63, 3.8) is 0 Å². The van der Waals surface area contributed by atoms with Crippen LogP contribution in [-0.4, -0.2) is 47.5 Å². The van der Waals surface area contributed by atoms with Crippen LogP contribution in [0.3, 0.4) is 0 Å². The molecule has 0 spiro atoms. The average molecular weight is 363 g/mol. The van der Waals surface area contributed by atoms with E-state index in [0.29, 0.717) is 5.56 Å². The third-order valence-electron chi connectivity index (χ3n) is 4.25. The summed E-state index contributed by atoms with van der Waals surface area (Å²) in [4.78, 5) is 24.6. The van der Waals surface area contributed by atoms with Crippen LogP contribution >= 0.6 is 0 Å². The topological polar surface area (TPSA) is 108 Å². The zero-order chi connectivity index (χ0) is 18.4. The van der Waals surface area contributed by atoms with Crippen LogP contribution in [0.15, 0.2) is 29.3 Å². The van der Waals surface area contributed by atoms with Crippen LogP contribution in [-0.2, 0) is 21.1 Å². The molecule has 0 fully saturated rings. The quantitative estimate of drug-likeness (QED) is 0.752. The summed E-state index contributed by atoms with van der Waals surface area (Å²) in [7, 11) is -2.67. The Balaban J connectivity index is 2.06. The molecule has 0 N–H and O–H groups in total. The summed E-state index contributed by atoms with van der Waals surface area (Å²) >= 11 is 0. The van der Waals surface area contributed by atoms with E-state index in [2.05, 4.69) is 15.0 Å². The van der Waals surface area contributed by atoms with Gasteiger partial charge in [0.05, 0.1) is 24.7 Å². The standard InChI is InChI=1S/C16H17N3O5S/c1-9(2)10-5-4-6-12-14(10)15(20)13(25(12,22)23)8-19-11(7-17-18-19)16(21)24-3/h4-7,9,13H,8H2,1-3H3. The van der Waals surface area contributed by atoms with Crippen LogP contribution in [0.1, 0.15) is 46.2 Å². The maximum Gasteiger partial charge on any atom is 0.358 e. The summed E-state index contributed by atoms with van der Waals surface area (Å²) in [6, 6.07) is 4.84. The molecule has 1 atom stereocenters. The van der Waals surface area contributed by atoms with Crippen LogP contribution < -0.4 is 0 Å². The Morgan fingerprint density at radius 2 is 2.08 bits per heavy atom. The molecule has 132 valence electrons. The maximum atomic E-state index is 12.9. The fourth-order valence-corrected chi connectivity index (χ4v) is 4.79. The third kappa shape index (κ3) is 2.64. The molecule has 8 nitrogen and oxygen atoms in total. The van der Waals surface area contributed by atoms with Gasteiger partial charge in [-0.1, -0.05) is 31.2 Å². The first kappa shape index (κ1) is 17.3. The minimum absolute atomic E-state index is 0.00449. The molecular weight excluding hydrogens is 346 g/mol. The van der Waals surface area contributed by atoms with Crippen molar-refractivity contribution in [1.82, 2.24) is 15.0 Å². The average Bonchev–Trinajstić information content (AvgIpc) is 3.12. The number of benzene rings is 1. The van der Waals surface area contributed by atoms with Gasteiger partial charge in [0.2, 0.25) is 0 Å². The van der Waals surface area contributed by atoms with Crippen LogP contribution in [0, 0.1) is 0 Å². The minimum Gasteiger partial charge on any atom is -0.464 e. The number of nitrogens with zero attached hydrogens (tertiary/aromatic N) is 3. The van der Waals surface area contributed by atoms with E-state index in [1.54, 1.807) is 12.1 Å². The van der Waals surface area contributed by atoms with Gasteiger partial charge in [-0.05, 0) is 17.5 Å². The molecule has 0 bridgehead atoms. The molecule has 1 aliphatic heterocycles. The second kappa shape index (κ2) is 6.07. The number of carbonyl (C=O) groups is 2. The van der Waals surface area contributed by atoms with Gasteiger partial charge in [-0.15, -0.1) is 5.10 Å². The predicted octanol–water partition coefficient (Wildman–Crippen LogP) is 1.23. The number of Topliss-reactive ketones (excluding diaryl/α,β-unsaturated/α-hetero) is 1. The van der Waals surface area contributed by atoms with Crippen LogP contribution in [0.5, 0.6) is 0 Å². The molecule has 2 heterocycles. The van der Waals surface area contributed by atoms with E-state index in [0.717, 1.165) is 4.68 Å².